The van der Waals surface area contributed by atoms with Crippen molar-refractivity contribution in [3.05, 3.63) is 70.7 Å². The molecule has 0 aliphatic heterocycles. The quantitative estimate of drug-likeness (QED) is 0.585. The zero-order valence-corrected chi connectivity index (χ0v) is 16.9. The predicted molar refractivity (Wildman–Crippen MR) is 110 cm³/mol. The molecule has 150 valence electrons. The van der Waals surface area contributed by atoms with Crippen LogP contribution in [0.3, 0.4) is 0 Å². The van der Waals surface area contributed by atoms with Crippen LogP contribution in [0, 0.1) is 17.7 Å². The molecule has 0 saturated heterocycles. The molecule has 0 radical (unpaired) electrons. The van der Waals surface area contributed by atoms with E-state index in [1.54, 1.807) is 30.3 Å². The van der Waals surface area contributed by atoms with E-state index in [1.165, 1.54) is 13.2 Å². The van der Waals surface area contributed by atoms with Crippen LogP contribution in [0.2, 0.25) is 0 Å². The number of carbonyl (C=O) groups is 2. The minimum Gasteiger partial charge on any atom is -0.465 e. The van der Waals surface area contributed by atoms with Gasteiger partial charge in [0.25, 0.3) is 0 Å². The molecule has 0 fully saturated rings. The molecule has 1 aromatic heterocycles. The zero-order chi connectivity index (χ0) is 20.7. The number of halogens is 1. The van der Waals surface area contributed by atoms with E-state index in [0.717, 1.165) is 17.6 Å². The SMILES string of the molecule is COC(=O)c1cccc2c1c1c(n2Cc2ccccc2F)CC(C(C)C)CC1=O. The Kier molecular flexibility index (Phi) is 4.99. The number of esters is 1. The predicted octanol–water partition coefficient (Wildman–Crippen LogP) is 5.02. The Hall–Kier alpha value is -2.95. The first-order chi connectivity index (χ1) is 13.9. The number of nitrogens with zero attached hydrogens (tertiary/aromatic N) is 1. The van der Waals surface area contributed by atoms with E-state index in [1.807, 2.05) is 10.6 Å². The number of methoxy groups -OCH3 is 1. The smallest absolute Gasteiger partial charge is 0.338 e. The molecule has 3 aromatic rings. The van der Waals surface area contributed by atoms with Crippen LogP contribution in [0.15, 0.2) is 42.5 Å². The second-order valence-corrected chi connectivity index (χ2v) is 8.03. The van der Waals surface area contributed by atoms with Gasteiger partial charge in [0.2, 0.25) is 0 Å². The average molecular weight is 393 g/mol. The summed E-state index contributed by atoms with van der Waals surface area (Å²) in [5, 5.41) is 0.623. The van der Waals surface area contributed by atoms with Crippen LogP contribution >= 0.6 is 0 Å². The standard InChI is InChI=1S/C24H24FNO3/c1-14(2)16-11-20-23(21(27)12-16)22-17(24(28)29-3)8-6-10-19(22)26(20)13-15-7-4-5-9-18(15)25/h4-10,14,16H,11-13H2,1-3H3. The lowest BCUT2D eigenvalue weighted by atomic mass is 9.79. The van der Waals surface area contributed by atoms with Gasteiger partial charge in [-0.2, -0.15) is 0 Å². The Bertz CT molecular complexity index is 1110. The van der Waals surface area contributed by atoms with Crippen molar-refractivity contribution in [2.45, 2.75) is 33.2 Å². The highest BCUT2D eigenvalue weighted by Gasteiger charge is 2.34. The number of carbonyl (C=O) groups excluding carboxylic acids is 2. The second kappa shape index (κ2) is 7.47. The maximum Gasteiger partial charge on any atom is 0.338 e. The second-order valence-electron chi connectivity index (χ2n) is 8.03. The maximum atomic E-state index is 14.4. The Balaban J connectivity index is 1.99. The number of ether oxygens (including phenoxy) is 1. The Labute approximate surface area is 169 Å². The molecular formula is C24H24FNO3. The number of ketones is 1. The number of aromatic nitrogens is 1. The average Bonchev–Trinajstić information content (AvgIpc) is 3.03. The van der Waals surface area contributed by atoms with Gasteiger partial charge in [-0.15, -0.1) is 0 Å². The summed E-state index contributed by atoms with van der Waals surface area (Å²) < 4.78 is 21.4. The first-order valence-corrected chi connectivity index (χ1v) is 9.91. The number of benzene rings is 2. The molecule has 1 heterocycles. The topological polar surface area (TPSA) is 48.3 Å². The normalized spacial score (nSPS) is 16.3. The molecule has 0 saturated carbocycles. The molecule has 0 spiro atoms. The molecule has 2 aromatic carbocycles. The van der Waals surface area contributed by atoms with Crippen molar-refractivity contribution < 1.29 is 18.7 Å². The molecule has 0 N–H and O–H groups in total. The van der Waals surface area contributed by atoms with Crippen molar-refractivity contribution in [3.8, 4) is 0 Å². The zero-order valence-electron chi connectivity index (χ0n) is 16.9. The number of hydrogen-bond donors (Lipinski definition) is 0. The number of rotatable bonds is 4. The van der Waals surface area contributed by atoms with E-state index in [2.05, 4.69) is 13.8 Å². The molecule has 4 nitrogen and oxygen atoms in total. The summed E-state index contributed by atoms with van der Waals surface area (Å²) in [4.78, 5) is 25.6. The van der Waals surface area contributed by atoms with Gasteiger partial charge in [0.15, 0.2) is 5.78 Å². The number of hydrogen-bond acceptors (Lipinski definition) is 3. The largest absolute Gasteiger partial charge is 0.465 e. The van der Waals surface area contributed by atoms with Gasteiger partial charge in [0, 0.05) is 28.6 Å². The Morgan fingerprint density at radius 1 is 1.17 bits per heavy atom. The fourth-order valence-corrected chi connectivity index (χ4v) is 4.35. The van der Waals surface area contributed by atoms with Crippen molar-refractivity contribution in [2.24, 2.45) is 11.8 Å². The first-order valence-electron chi connectivity index (χ1n) is 9.91. The summed E-state index contributed by atoms with van der Waals surface area (Å²) in [7, 11) is 1.33. The monoisotopic (exact) mass is 393 g/mol. The highest BCUT2D eigenvalue weighted by molar-refractivity contribution is 6.16. The van der Waals surface area contributed by atoms with Crippen molar-refractivity contribution in [2.75, 3.05) is 7.11 Å². The minimum absolute atomic E-state index is 0.0404. The molecule has 1 atom stereocenters. The summed E-state index contributed by atoms with van der Waals surface area (Å²) in [5.74, 6) is -0.138. The van der Waals surface area contributed by atoms with Crippen LogP contribution in [-0.4, -0.2) is 23.4 Å². The highest BCUT2D eigenvalue weighted by Crippen LogP contribution is 2.38. The molecule has 1 aliphatic rings. The summed E-state index contributed by atoms with van der Waals surface area (Å²) in [5.41, 5.74) is 3.17. The molecule has 4 rings (SSSR count). The lowest BCUT2D eigenvalue weighted by molar-refractivity contribution is 0.0603. The van der Waals surface area contributed by atoms with E-state index in [9.17, 15) is 14.0 Å². The van der Waals surface area contributed by atoms with Crippen molar-refractivity contribution in [1.29, 1.82) is 0 Å². The van der Waals surface area contributed by atoms with Crippen molar-refractivity contribution >= 4 is 22.7 Å². The number of Topliss-reactive ketones (excluding diaryl/α,β-unsaturated/α-hetero) is 1. The lowest BCUT2D eigenvalue weighted by Gasteiger charge is -2.26. The first kappa shape index (κ1) is 19.4. The van der Waals surface area contributed by atoms with E-state index < -0.39 is 5.97 Å². The van der Waals surface area contributed by atoms with Crippen molar-refractivity contribution in [1.82, 2.24) is 4.57 Å². The summed E-state index contributed by atoms with van der Waals surface area (Å²) in [6, 6.07) is 12.0. The van der Waals surface area contributed by atoms with Crippen LogP contribution < -0.4 is 0 Å². The van der Waals surface area contributed by atoms with Crippen LogP contribution in [0.5, 0.6) is 0 Å². The third-order valence-electron chi connectivity index (χ3n) is 6.01. The van der Waals surface area contributed by atoms with Crippen LogP contribution in [-0.2, 0) is 17.7 Å². The van der Waals surface area contributed by atoms with Gasteiger partial charge >= 0.3 is 5.97 Å². The molecule has 29 heavy (non-hydrogen) atoms. The lowest BCUT2D eigenvalue weighted by Crippen LogP contribution is -2.25. The minimum atomic E-state index is -0.472. The van der Waals surface area contributed by atoms with Gasteiger partial charge in [-0.3, -0.25) is 4.79 Å². The summed E-state index contributed by atoms with van der Waals surface area (Å²) >= 11 is 0. The van der Waals surface area contributed by atoms with Crippen LogP contribution in [0.25, 0.3) is 10.9 Å². The molecular weight excluding hydrogens is 369 g/mol. The van der Waals surface area contributed by atoms with Crippen LogP contribution in [0.1, 0.15) is 52.2 Å². The number of fused-ring (bicyclic) bond motifs is 3. The van der Waals surface area contributed by atoms with Crippen LogP contribution in [0.4, 0.5) is 4.39 Å². The maximum absolute atomic E-state index is 14.4. The fraction of sp³-hybridized carbons (Fsp3) is 0.333. The molecule has 1 unspecified atom stereocenters. The fourth-order valence-electron chi connectivity index (χ4n) is 4.35. The van der Waals surface area contributed by atoms with E-state index in [4.69, 9.17) is 4.74 Å². The van der Waals surface area contributed by atoms with Gasteiger partial charge in [0.1, 0.15) is 5.82 Å². The van der Waals surface area contributed by atoms with Gasteiger partial charge in [0.05, 0.1) is 24.7 Å². The molecule has 0 bridgehead atoms. The highest BCUT2D eigenvalue weighted by atomic mass is 19.1. The van der Waals surface area contributed by atoms with Gasteiger partial charge in [-0.1, -0.05) is 38.1 Å². The summed E-state index contributed by atoms with van der Waals surface area (Å²) in [6.07, 6.45) is 1.18. The third-order valence-corrected chi connectivity index (χ3v) is 6.01. The van der Waals surface area contributed by atoms with Gasteiger partial charge in [-0.05, 0) is 36.5 Å². The van der Waals surface area contributed by atoms with E-state index >= 15 is 0 Å². The van der Waals surface area contributed by atoms with Gasteiger partial charge < -0.3 is 9.30 Å². The summed E-state index contributed by atoms with van der Waals surface area (Å²) in [6.45, 7) is 4.54. The Morgan fingerprint density at radius 2 is 1.93 bits per heavy atom. The Morgan fingerprint density at radius 3 is 2.62 bits per heavy atom. The van der Waals surface area contributed by atoms with Gasteiger partial charge in [-0.25, -0.2) is 9.18 Å². The van der Waals surface area contributed by atoms with Crippen molar-refractivity contribution in [3.63, 3.8) is 0 Å². The molecule has 5 heteroatoms. The third kappa shape index (κ3) is 3.24. The van der Waals surface area contributed by atoms with E-state index in [-0.39, 0.29) is 17.5 Å². The molecule has 0 amide bonds. The molecule has 1 aliphatic carbocycles. The van der Waals surface area contributed by atoms with E-state index in [0.29, 0.717) is 41.0 Å².